The van der Waals surface area contributed by atoms with Crippen LogP contribution < -0.4 is 4.74 Å². The Bertz CT molecular complexity index is 535. The molecule has 0 bridgehead atoms. The number of thioether (sulfide) groups is 1. The lowest BCUT2D eigenvalue weighted by molar-refractivity contribution is -0.108. The molecule has 22 heavy (non-hydrogen) atoms. The van der Waals surface area contributed by atoms with Crippen molar-refractivity contribution >= 4 is 23.1 Å². The van der Waals surface area contributed by atoms with Crippen LogP contribution in [0.15, 0.2) is 23.2 Å². The van der Waals surface area contributed by atoms with Crippen molar-refractivity contribution in [1.82, 2.24) is 0 Å². The molecule has 1 aliphatic rings. The number of methoxy groups -OCH3 is 1. The molecule has 1 aliphatic heterocycles. The van der Waals surface area contributed by atoms with Crippen molar-refractivity contribution in [2.24, 2.45) is 4.99 Å². The van der Waals surface area contributed by atoms with Gasteiger partial charge in [-0.15, -0.1) is 11.8 Å². The number of hydrogen-bond donors (Lipinski definition) is 1. The van der Waals surface area contributed by atoms with Gasteiger partial charge < -0.3 is 24.1 Å². The molecule has 1 heterocycles. The maximum Gasteiger partial charge on any atom is 0.145 e. The first kappa shape index (κ1) is 16.8. The molecule has 7 heteroatoms. The molecule has 1 aromatic rings. The molecule has 0 aliphatic carbocycles. The molecular formula is C15H19NO5S. The lowest BCUT2D eigenvalue weighted by Crippen LogP contribution is -2.10. The van der Waals surface area contributed by atoms with Crippen LogP contribution in [-0.2, 0) is 14.3 Å². The number of hydrogen-bond acceptors (Lipinski definition) is 7. The molecule has 6 nitrogen and oxygen atoms in total. The first-order valence-electron chi connectivity index (χ1n) is 6.93. The van der Waals surface area contributed by atoms with Crippen molar-refractivity contribution in [3.8, 4) is 11.5 Å². The van der Waals surface area contributed by atoms with Crippen LogP contribution in [0.5, 0.6) is 11.5 Å². The monoisotopic (exact) mass is 325 g/mol. The minimum absolute atomic E-state index is 0.0931. The van der Waals surface area contributed by atoms with Gasteiger partial charge in [0.25, 0.3) is 0 Å². The van der Waals surface area contributed by atoms with Gasteiger partial charge in [-0.05, 0) is 12.1 Å². The van der Waals surface area contributed by atoms with Crippen molar-refractivity contribution in [1.29, 1.82) is 0 Å². The normalized spacial score (nSPS) is 17.3. The lowest BCUT2D eigenvalue weighted by Gasteiger charge is -2.09. The van der Waals surface area contributed by atoms with E-state index in [1.807, 2.05) is 0 Å². The largest absolute Gasteiger partial charge is 0.507 e. The Morgan fingerprint density at radius 3 is 2.86 bits per heavy atom. The molecule has 0 amide bonds. The van der Waals surface area contributed by atoms with Gasteiger partial charge in [-0.2, -0.15) is 0 Å². The zero-order chi connectivity index (χ0) is 15.8. The molecular weight excluding hydrogens is 306 g/mol. The number of aliphatic imine (C=N–C) groups is 1. The average molecular weight is 325 g/mol. The van der Waals surface area contributed by atoms with E-state index in [1.54, 1.807) is 25.3 Å². The fraction of sp³-hybridized carbons (Fsp3) is 0.467. The molecule has 1 atom stereocenters. The van der Waals surface area contributed by atoms with E-state index in [-0.39, 0.29) is 11.8 Å². The Morgan fingerprint density at radius 1 is 1.36 bits per heavy atom. The minimum atomic E-state index is -0.320. The van der Waals surface area contributed by atoms with Crippen LogP contribution in [0.2, 0.25) is 0 Å². The molecule has 0 saturated carbocycles. The van der Waals surface area contributed by atoms with Crippen molar-refractivity contribution < 1.29 is 24.1 Å². The maximum atomic E-state index is 10.7. The third-order valence-electron chi connectivity index (χ3n) is 2.96. The van der Waals surface area contributed by atoms with E-state index in [9.17, 15) is 9.90 Å². The number of carbonyl (C=O) groups is 1. The van der Waals surface area contributed by atoms with Gasteiger partial charge in [0.15, 0.2) is 0 Å². The molecule has 2 rings (SSSR count). The van der Waals surface area contributed by atoms with E-state index in [1.165, 1.54) is 11.8 Å². The quantitative estimate of drug-likeness (QED) is 0.547. The molecule has 120 valence electrons. The maximum absolute atomic E-state index is 10.7. The molecule has 1 N–H and O–H groups in total. The highest BCUT2D eigenvalue weighted by atomic mass is 32.2. The smallest absolute Gasteiger partial charge is 0.145 e. The lowest BCUT2D eigenvalue weighted by atomic mass is 10.2. The third-order valence-corrected chi connectivity index (χ3v) is 4.07. The Hall–Kier alpha value is -1.57. The highest BCUT2D eigenvalue weighted by Crippen LogP contribution is 2.30. The van der Waals surface area contributed by atoms with Gasteiger partial charge in [0, 0.05) is 24.5 Å². The molecule has 0 aromatic heterocycles. The molecule has 0 saturated heterocycles. The van der Waals surface area contributed by atoms with E-state index in [0.717, 1.165) is 6.29 Å². The highest BCUT2D eigenvalue weighted by molar-refractivity contribution is 8.14. The second-order valence-electron chi connectivity index (χ2n) is 4.58. The second kappa shape index (κ2) is 8.77. The summed E-state index contributed by atoms with van der Waals surface area (Å²) in [5, 5.41) is 10.8. The first-order valence-corrected chi connectivity index (χ1v) is 7.92. The van der Waals surface area contributed by atoms with Crippen LogP contribution in [0.25, 0.3) is 0 Å². The minimum Gasteiger partial charge on any atom is -0.507 e. The number of carbonyl (C=O) groups excluding carboxylic acids is 1. The van der Waals surface area contributed by atoms with Crippen LogP contribution in [-0.4, -0.2) is 61.8 Å². The van der Waals surface area contributed by atoms with E-state index in [0.29, 0.717) is 48.5 Å². The fourth-order valence-electron chi connectivity index (χ4n) is 1.85. The van der Waals surface area contributed by atoms with Crippen LogP contribution in [0.1, 0.15) is 5.56 Å². The highest BCUT2D eigenvalue weighted by Gasteiger charge is 2.20. The van der Waals surface area contributed by atoms with E-state index >= 15 is 0 Å². The summed E-state index contributed by atoms with van der Waals surface area (Å²) in [6.45, 7) is 1.93. The standard InChI is InChI=1S/C15H19NO5S/c1-19-4-5-20-6-7-21-12-2-3-13(14(18)8-12)15-16-11(9-17)10-22-15/h2-3,8-9,11,18H,4-7,10H2,1H3. The Balaban J connectivity index is 1.86. The van der Waals surface area contributed by atoms with Crippen LogP contribution in [0.4, 0.5) is 0 Å². The molecule has 0 fully saturated rings. The number of aromatic hydroxyl groups is 1. The summed E-state index contributed by atoms with van der Waals surface area (Å²) in [6, 6.07) is 4.73. The number of benzene rings is 1. The molecule has 1 aromatic carbocycles. The average Bonchev–Trinajstić information content (AvgIpc) is 2.99. The Labute approximate surface area is 133 Å². The van der Waals surface area contributed by atoms with Gasteiger partial charge >= 0.3 is 0 Å². The predicted molar refractivity (Wildman–Crippen MR) is 85.1 cm³/mol. The van der Waals surface area contributed by atoms with Crippen molar-refractivity contribution in [3.63, 3.8) is 0 Å². The predicted octanol–water partition coefficient (Wildman–Crippen LogP) is 1.49. The summed E-state index contributed by atoms with van der Waals surface area (Å²) in [5.74, 6) is 1.28. The first-order chi connectivity index (χ1) is 10.7. The van der Waals surface area contributed by atoms with Gasteiger partial charge in [-0.25, -0.2) is 0 Å². The zero-order valence-corrected chi connectivity index (χ0v) is 13.2. The summed E-state index contributed by atoms with van der Waals surface area (Å²) in [6.07, 6.45) is 0.818. The van der Waals surface area contributed by atoms with Gasteiger partial charge in [-0.1, -0.05) is 0 Å². The summed E-state index contributed by atoms with van der Waals surface area (Å²) in [7, 11) is 1.62. The van der Waals surface area contributed by atoms with Crippen molar-refractivity contribution in [3.05, 3.63) is 23.8 Å². The SMILES string of the molecule is COCCOCCOc1ccc(C2=NC(C=O)CS2)c(O)c1. The van der Waals surface area contributed by atoms with E-state index in [2.05, 4.69) is 4.99 Å². The van der Waals surface area contributed by atoms with Crippen LogP contribution in [0, 0.1) is 0 Å². The summed E-state index contributed by atoms with van der Waals surface area (Å²) >= 11 is 1.46. The fourth-order valence-corrected chi connectivity index (χ4v) is 2.87. The van der Waals surface area contributed by atoms with Crippen LogP contribution >= 0.6 is 11.8 Å². The number of ether oxygens (including phenoxy) is 3. The third kappa shape index (κ3) is 4.72. The molecule has 1 unspecified atom stereocenters. The van der Waals surface area contributed by atoms with Crippen molar-refractivity contribution in [2.75, 3.05) is 39.3 Å². The van der Waals surface area contributed by atoms with Crippen molar-refractivity contribution in [2.45, 2.75) is 6.04 Å². The molecule has 0 radical (unpaired) electrons. The number of phenolic OH excluding ortho intramolecular Hbond substituents is 1. The number of nitrogens with zero attached hydrogens (tertiary/aromatic N) is 1. The second-order valence-corrected chi connectivity index (χ2v) is 5.59. The topological polar surface area (TPSA) is 77.3 Å². The van der Waals surface area contributed by atoms with Crippen LogP contribution in [0.3, 0.4) is 0 Å². The van der Waals surface area contributed by atoms with E-state index < -0.39 is 0 Å². The number of aldehydes is 1. The summed E-state index contributed by atoms with van der Waals surface area (Å²) in [5.41, 5.74) is 0.623. The van der Waals surface area contributed by atoms with Gasteiger partial charge in [-0.3, -0.25) is 4.99 Å². The molecule has 0 spiro atoms. The Kier molecular flexibility index (Phi) is 6.70. The van der Waals surface area contributed by atoms with Gasteiger partial charge in [0.2, 0.25) is 0 Å². The van der Waals surface area contributed by atoms with Gasteiger partial charge in [0.1, 0.15) is 35.5 Å². The van der Waals surface area contributed by atoms with Gasteiger partial charge in [0.05, 0.1) is 19.8 Å². The van der Waals surface area contributed by atoms with E-state index in [4.69, 9.17) is 14.2 Å². The summed E-state index contributed by atoms with van der Waals surface area (Å²) < 4.78 is 15.7. The zero-order valence-electron chi connectivity index (χ0n) is 12.4. The Morgan fingerprint density at radius 2 is 2.18 bits per heavy atom. The summed E-state index contributed by atoms with van der Waals surface area (Å²) in [4.78, 5) is 15.0. The number of phenols is 1. The number of rotatable bonds is 9.